The van der Waals surface area contributed by atoms with Crippen molar-refractivity contribution in [3.8, 4) is 5.75 Å². The van der Waals surface area contributed by atoms with Gasteiger partial charge < -0.3 is 10.1 Å². The van der Waals surface area contributed by atoms with Gasteiger partial charge in [0.05, 0.1) is 6.61 Å². The van der Waals surface area contributed by atoms with Crippen LogP contribution >= 0.6 is 0 Å². The number of fused-ring (bicyclic) bond motifs is 3. The van der Waals surface area contributed by atoms with Crippen LogP contribution in [0.1, 0.15) is 40.7 Å². The van der Waals surface area contributed by atoms with Gasteiger partial charge in [0, 0.05) is 19.5 Å². The lowest BCUT2D eigenvalue weighted by atomic mass is 9.92. The lowest BCUT2D eigenvalue weighted by Crippen LogP contribution is -2.00. The van der Waals surface area contributed by atoms with Crippen molar-refractivity contribution in [2.45, 2.75) is 45.2 Å². The number of ether oxygens (including phenoxy) is 1. The quantitative estimate of drug-likeness (QED) is 0.565. The maximum Gasteiger partial charge on any atom is 0.122 e. The zero-order chi connectivity index (χ0) is 19.0. The second-order valence-corrected chi connectivity index (χ2v) is 7.55. The lowest BCUT2D eigenvalue weighted by molar-refractivity contribution is 0.357. The fraction of sp³-hybridized carbons (Fsp3) is 0.308. The molecule has 0 saturated carbocycles. The first kappa shape index (κ1) is 18.8. The van der Waals surface area contributed by atoms with Crippen LogP contribution in [0, 0.1) is 0 Å². The molecule has 0 fully saturated rings. The van der Waals surface area contributed by atoms with Gasteiger partial charge in [-0.05, 0) is 59.6 Å². The molecule has 0 aromatic heterocycles. The predicted octanol–water partition coefficient (Wildman–Crippen LogP) is 5.48. The average Bonchev–Trinajstić information content (AvgIpc) is 3.44. The van der Waals surface area contributed by atoms with E-state index in [0.29, 0.717) is 0 Å². The van der Waals surface area contributed by atoms with Crippen LogP contribution in [-0.2, 0) is 32.4 Å². The molecule has 1 N–H and O–H groups in total. The van der Waals surface area contributed by atoms with Crippen LogP contribution in [0.5, 0.6) is 5.75 Å². The molecule has 6 rings (SSSR count). The second kappa shape index (κ2) is 9.57. The van der Waals surface area contributed by atoms with E-state index in [4.69, 9.17) is 4.74 Å². The van der Waals surface area contributed by atoms with Crippen molar-refractivity contribution >= 4 is 0 Å². The van der Waals surface area contributed by atoms with Crippen LogP contribution in [-0.4, -0.2) is 6.61 Å². The zero-order valence-corrected chi connectivity index (χ0v) is 16.5. The van der Waals surface area contributed by atoms with Gasteiger partial charge in [0.15, 0.2) is 0 Å². The summed E-state index contributed by atoms with van der Waals surface area (Å²) in [5.74, 6) is 1.07. The van der Waals surface area contributed by atoms with E-state index in [1.54, 1.807) is 11.1 Å². The zero-order valence-electron chi connectivity index (χ0n) is 16.5. The summed E-state index contributed by atoms with van der Waals surface area (Å²) in [6, 6.07) is 25.5. The molecule has 2 aliphatic heterocycles. The topological polar surface area (TPSA) is 21.3 Å². The predicted molar refractivity (Wildman–Crippen MR) is 116 cm³/mol. The van der Waals surface area contributed by atoms with Gasteiger partial charge in [-0.25, -0.2) is 0 Å². The standard InChI is InChI=1S/C10H12.C8H9N.C8H8O/c1-2-6-10-8-4-3-7-9(10)5-1;1-2-4-8-6-9-5-7(8)3-1;1-2-4-8-7(3-1)5-6-9-8/h1-2,5-6H,3-4,7-8H2;1-4,9H,5-6H2;1-4H,5-6H2. The summed E-state index contributed by atoms with van der Waals surface area (Å²) >= 11 is 0. The van der Waals surface area contributed by atoms with E-state index in [9.17, 15) is 0 Å². The first-order valence-corrected chi connectivity index (χ1v) is 10.4. The van der Waals surface area contributed by atoms with Crippen molar-refractivity contribution in [3.63, 3.8) is 0 Å². The van der Waals surface area contributed by atoms with Crippen LogP contribution in [0.25, 0.3) is 0 Å². The molecule has 28 heavy (non-hydrogen) atoms. The summed E-state index contributed by atoms with van der Waals surface area (Å²) in [4.78, 5) is 0. The van der Waals surface area contributed by atoms with Crippen LogP contribution in [0.2, 0.25) is 0 Å². The monoisotopic (exact) mass is 371 g/mol. The summed E-state index contributed by atoms with van der Waals surface area (Å²) in [6.45, 7) is 2.96. The van der Waals surface area contributed by atoms with Crippen LogP contribution in [0.15, 0.2) is 72.8 Å². The highest BCUT2D eigenvalue weighted by Crippen LogP contribution is 2.23. The highest BCUT2D eigenvalue weighted by molar-refractivity contribution is 5.36. The molecule has 0 saturated heterocycles. The highest BCUT2D eigenvalue weighted by atomic mass is 16.5. The summed E-state index contributed by atoms with van der Waals surface area (Å²) in [7, 11) is 0. The lowest BCUT2D eigenvalue weighted by Gasteiger charge is -2.13. The van der Waals surface area contributed by atoms with Gasteiger partial charge in [0.1, 0.15) is 5.75 Å². The number of aryl methyl sites for hydroxylation is 2. The number of nitrogens with one attached hydrogen (secondary N) is 1. The molecule has 0 bridgehead atoms. The minimum absolute atomic E-state index is 0.860. The third kappa shape index (κ3) is 4.82. The molecule has 3 aromatic carbocycles. The Balaban J connectivity index is 0.000000103. The van der Waals surface area contributed by atoms with Gasteiger partial charge in [0.2, 0.25) is 0 Å². The second-order valence-electron chi connectivity index (χ2n) is 7.55. The molecule has 0 amide bonds. The SMILES string of the molecule is c1ccc2c(c1)CCCC2.c1ccc2c(c1)CCO2.c1ccc2c(c1)CNC2. The molecule has 3 aromatic rings. The van der Waals surface area contributed by atoms with Crippen molar-refractivity contribution in [1.82, 2.24) is 5.32 Å². The van der Waals surface area contributed by atoms with E-state index >= 15 is 0 Å². The van der Waals surface area contributed by atoms with Crippen molar-refractivity contribution < 1.29 is 4.74 Å². The molecule has 0 atom stereocenters. The van der Waals surface area contributed by atoms with Crippen molar-refractivity contribution in [2.24, 2.45) is 0 Å². The van der Waals surface area contributed by atoms with Gasteiger partial charge in [-0.2, -0.15) is 0 Å². The van der Waals surface area contributed by atoms with E-state index < -0.39 is 0 Å². The van der Waals surface area contributed by atoms with Gasteiger partial charge in [-0.1, -0.05) is 66.7 Å². The van der Waals surface area contributed by atoms with Gasteiger partial charge in [-0.15, -0.1) is 0 Å². The smallest absolute Gasteiger partial charge is 0.122 e. The van der Waals surface area contributed by atoms with E-state index in [2.05, 4.69) is 59.9 Å². The maximum atomic E-state index is 5.30. The van der Waals surface area contributed by atoms with Gasteiger partial charge in [0.25, 0.3) is 0 Å². The molecule has 3 aliphatic rings. The third-order valence-corrected chi connectivity index (χ3v) is 5.61. The highest BCUT2D eigenvalue weighted by Gasteiger charge is 2.08. The van der Waals surface area contributed by atoms with Crippen molar-refractivity contribution in [1.29, 1.82) is 0 Å². The summed E-state index contributed by atoms with van der Waals surface area (Å²) < 4.78 is 5.30. The molecular formula is C26H29NO. The van der Waals surface area contributed by atoms with Crippen LogP contribution in [0.4, 0.5) is 0 Å². The number of para-hydroxylation sites is 1. The molecule has 144 valence electrons. The third-order valence-electron chi connectivity index (χ3n) is 5.61. The fourth-order valence-electron chi connectivity index (χ4n) is 4.03. The summed E-state index contributed by atoms with van der Waals surface area (Å²) in [6.07, 6.45) is 6.45. The molecule has 2 heterocycles. The van der Waals surface area contributed by atoms with E-state index in [-0.39, 0.29) is 0 Å². The molecule has 0 unspecified atom stereocenters. The van der Waals surface area contributed by atoms with Crippen LogP contribution in [0.3, 0.4) is 0 Å². The Bertz CT molecular complexity index is 782. The first-order chi connectivity index (χ1) is 13.9. The first-order valence-electron chi connectivity index (χ1n) is 10.4. The van der Waals surface area contributed by atoms with E-state index in [0.717, 1.165) is 31.9 Å². The molecule has 0 radical (unpaired) electrons. The number of benzene rings is 3. The minimum Gasteiger partial charge on any atom is -0.493 e. The van der Waals surface area contributed by atoms with Gasteiger partial charge in [-0.3, -0.25) is 0 Å². The molecular weight excluding hydrogens is 342 g/mol. The normalized spacial score (nSPS) is 15.6. The number of hydrogen-bond donors (Lipinski definition) is 1. The molecule has 0 spiro atoms. The largest absolute Gasteiger partial charge is 0.493 e. The average molecular weight is 372 g/mol. The Morgan fingerprint density at radius 1 is 0.536 bits per heavy atom. The Morgan fingerprint density at radius 3 is 1.61 bits per heavy atom. The van der Waals surface area contributed by atoms with Crippen LogP contribution < -0.4 is 10.1 Å². The summed E-state index contributed by atoms with van der Waals surface area (Å²) in [5.41, 5.74) is 7.41. The van der Waals surface area contributed by atoms with Crippen molar-refractivity contribution in [3.05, 3.63) is 101 Å². The summed E-state index contributed by atoms with van der Waals surface area (Å²) in [5, 5.41) is 3.29. The Kier molecular flexibility index (Phi) is 6.41. The Labute approximate surface area is 168 Å². The molecule has 1 aliphatic carbocycles. The van der Waals surface area contributed by atoms with Gasteiger partial charge >= 0.3 is 0 Å². The molecule has 2 heteroatoms. The van der Waals surface area contributed by atoms with Crippen molar-refractivity contribution in [2.75, 3.05) is 6.61 Å². The molecule has 2 nitrogen and oxygen atoms in total. The van der Waals surface area contributed by atoms with E-state index in [1.165, 1.54) is 42.4 Å². The fourth-order valence-corrected chi connectivity index (χ4v) is 4.03. The minimum atomic E-state index is 0.860. The number of rotatable bonds is 0. The number of hydrogen-bond acceptors (Lipinski definition) is 2. The Morgan fingerprint density at radius 2 is 1.04 bits per heavy atom. The Hall–Kier alpha value is -2.58. The van der Waals surface area contributed by atoms with E-state index in [1.807, 2.05) is 18.2 Å². The maximum absolute atomic E-state index is 5.30.